The van der Waals surface area contributed by atoms with Crippen LogP contribution in [-0.2, 0) is 9.47 Å². The summed E-state index contributed by atoms with van der Waals surface area (Å²) in [5.74, 6) is 0. The van der Waals surface area contributed by atoms with E-state index < -0.39 is 0 Å². The van der Waals surface area contributed by atoms with E-state index in [0.717, 1.165) is 26.4 Å². The summed E-state index contributed by atoms with van der Waals surface area (Å²) in [6.07, 6.45) is 9.56. The van der Waals surface area contributed by atoms with Gasteiger partial charge in [-0.3, -0.25) is 0 Å². The van der Waals surface area contributed by atoms with Crippen molar-refractivity contribution in [3.05, 3.63) is 0 Å². The van der Waals surface area contributed by atoms with Crippen molar-refractivity contribution in [1.82, 2.24) is 0 Å². The van der Waals surface area contributed by atoms with Crippen LogP contribution in [0.15, 0.2) is 0 Å². The third kappa shape index (κ3) is 25.9. The SMILES string of the molecule is C1CCOC1.CCCCCCC.CCOCC. The van der Waals surface area contributed by atoms with Crippen LogP contribution in [0.3, 0.4) is 0 Å². The second-order valence-corrected chi connectivity index (χ2v) is 4.16. The van der Waals surface area contributed by atoms with Crippen LogP contribution < -0.4 is 0 Å². The van der Waals surface area contributed by atoms with Crippen LogP contribution in [-0.4, -0.2) is 26.4 Å². The van der Waals surface area contributed by atoms with Crippen molar-refractivity contribution in [1.29, 1.82) is 0 Å². The van der Waals surface area contributed by atoms with Crippen LogP contribution in [0.5, 0.6) is 0 Å². The Morgan fingerprint density at radius 2 is 1.24 bits per heavy atom. The molecule has 1 rings (SSSR count). The van der Waals surface area contributed by atoms with Crippen molar-refractivity contribution in [3.63, 3.8) is 0 Å². The molecule has 2 heteroatoms. The first-order chi connectivity index (χ1) is 8.33. The third-order valence-electron chi connectivity index (χ3n) is 2.44. The first kappa shape index (κ1) is 19.3. The van der Waals surface area contributed by atoms with E-state index >= 15 is 0 Å². The fourth-order valence-electron chi connectivity index (χ4n) is 1.39. The van der Waals surface area contributed by atoms with Crippen molar-refractivity contribution < 1.29 is 9.47 Å². The monoisotopic (exact) mass is 246 g/mol. The summed E-state index contributed by atoms with van der Waals surface area (Å²) in [7, 11) is 0. The molecule has 17 heavy (non-hydrogen) atoms. The Bertz CT molecular complexity index is 87.5. The lowest BCUT2D eigenvalue weighted by Crippen LogP contribution is -1.84. The van der Waals surface area contributed by atoms with Crippen LogP contribution in [0.4, 0.5) is 0 Å². The highest BCUT2D eigenvalue weighted by molar-refractivity contribution is 4.43. The average Bonchev–Trinajstić information content (AvgIpc) is 2.90. The fraction of sp³-hybridized carbons (Fsp3) is 1.00. The molecule has 0 aromatic rings. The van der Waals surface area contributed by atoms with E-state index in [0.29, 0.717) is 0 Å². The van der Waals surface area contributed by atoms with Crippen LogP contribution in [0.25, 0.3) is 0 Å². The topological polar surface area (TPSA) is 18.5 Å². The van der Waals surface area contributed by atoms with Gasteiger partial charge in [0.25, 0.3) is 0 Å². The average molecular weight is 246 g/mol. The molecule has 0 spiro atoms. The standard InChI is InChI=1S/C7H16.C4H8O.C4H10O/c1-3-5-7-6-4-2;1-2-4-5-3-1;1-3-5-4-2/h3-7H2,1-2H3;1-4H2;3-4H2,1-2H3. The molecule has 0 radical (unpaired) electrons. The van der Waals surface area contributed by atoms with Crippen LogP contribution in [0, 0.1) is 0 Å². The van der Waals surface area contributed by atoms with Gasteiger partial charge in [0.15, 0.2) is 0 Å². The van der Waals surface area contributed by atoms with Gasteiger partial charge in [-0.2, -0.15) is 0 Å². The molecule has 1 saturated heterocycles. The molecular formula is C15H34O2. The third-order valence-corrected chi connectivity index (χ3v) is 2.44. The van der Waals surface area contributed by atoms with Crippen molar-refractivity contribution in [2.24, 2.45) is 0 Å². The molecule has 1 aliphatic rings. The fourth-order valence-corrected chi connectivity index (χ4v) is 1.39. The zero-order valence-corrected chi connectivity index (χ0v) is 12.6. The van der Waals surface area contributed by atoms with E-state index in [2.05, 4.69) is 13.8 Å². The second-order valence-electron chi connectivity index (χ2n) is 4.16. The summed E-state index contributed by atoms with van der Waals surface area (Å²) in [5.41, 5.74) is 0. The lowest BCUT2D eigenvalue weighted by Gasteiger charge is -1.90. The Labute approximate surface area is 109 Å². The Kier molecular flexibility index (Phi) is 24.1. The van der Waals surface area contributed by atoms with Gasteiger partial charge in [-0.05, 0) is 26.7 Å². The van der Waals surface area contributed by atoms with Crippen molar-refractivity contribution in [3.8, 4) is 0 Å². The summed E-state index contributed by atoms with van der Waals surface area (Å²) in [4.78, 5) is 0. The first-order valence-electron chi connectivity index (χ1n) is 7.48. The van der Waals surface area contributed by atoms with Crippen LogP contribution in [0.2, 0.25) is 0 Å². The predicted molar refractivity (Wildman–Crippen MR) is 76.7 cm³/mol. The number of hydrogen-bond donors (Lipinski definition) is 0. The number of ether oxygens (including phenoxy) is 2. The minimum atomic E-state index is 0.844. The van der Waals surface area contributed by atoms with Crippen LogP contribution in [0.1, 0.15) is 72.6 Å². The Balaban J connectivity index is 0. The van der Waals surface area contributed by atoms with E-state index in [1.54, 1.807) is 0 Å². The molecule has 0 unspecified atom stereocenters. The molecule has 0 aromatic carbocycles. The second kappa shape index (κ2) is 21.2. The maximum absolute atomic E-state index is 4.94. The van der Waals surface area contributed by atoms with Gasteiger partial charge in [0.1, 0.15) is 0 Å². The smallest absolute Gasteiger partial charge is 0.0466 e. The lowest BCUT2D eigenvalue weighted by molar-refractivity contribution is 0.162. The van der Waals surface area contributed by atoms with E-state index in [4.69, 9.17) is 9.47 Å². The molecular weight excluding hydrogens is 212 g/mol. The molecule has 0 atom stereocenters. The highest BCUT2D eigenvalue weighted by atomic mass is 16.5. The van der Waals surface area contributed by atoms with Gasteiger partial charge in [0, 0.05) is 26.4 Å². The maximum atomic E-state index is 4.94. The lowest BCUT2D eigenvalue weighted by atomic mass is 10.2. The zero-order chi connectivity index (χ0) is 13.2. The van der Waals surface area contributed by atoms with Crippen LogP contribution >= 0.6 is 0 Å². The Morgan fingerprint density at radius 1 is 0.765 bits per heavy atom. The summed E-state index contributed by atoms with van der Waals surface area (Å²) >= 11 is 0. The molecule has 0 amide bonds. The Morgan fingerprint density at radius 3 is 1.41 bits per heavy atom. The number of hydrogen-bond acceptors (Lipinski definition) is 2. The molecule has 1 heterocycles. The Hall–Kier alpha value is -0.0800. The minimum absolute atomic E-state index is 0.844. The summed E-state index contributed by atoms with van der Waals surface area (Å²) in [6.45, 7) is 12.2. The molecule has 0 bridgehead atoms. The van der Waals surface area contributed by atoms with Gasteiger partial charge in [-0.1, -0.05) is 46.0 Å². The first-order valence-corrected chi connectivity index (χ1v) is 7.48. The molecule has 106 valence electrons. The number of rotatable bonds is 6. The maximum Gasteiger partial charge on any atom is 0.0466 e. The zero-order valence-electron chi connectivity index (χ0n) is 12.6. The largest absolute Gasteiger partial charge is 0.382 e. The predicted octanol–water partition coefficient (Wildman–Crippen LogP) is 4.82. The van der Waals surface area contributed by atoms with E-state index in [9.17, 15) is 0 Å². The van der Waals surface area contributed by atoms with Crippen molar-refractivity contribution in [2.45, 2.75) is 72.6 Å². The highest BCUT2D eigenvalue weighted by Gasteiger charge is 1.94. The minimum Gasteiger partial charge on any atom is -0.382 e. The molecule has 0 aliphatic carbocycles. The van der Waals surface area contributed by atoms with Gasteiger partial charge in [0.05, 0.1) is 0 Å². The molecule has 0 saturated carbocycles. The highest BCUT2D eigenvalue weighted by Crippen LogP contribution is 2.00. The van der Waals surface area contributed by atoms with Gasteiger partial charge in [0.2, 0.25) is 0 Å². The van der Waals surface area contributed by atoms with E-state index in [-0.39, 0.29) is 0 Å². The molecule has 0 aromatic heterocycles. The molecule has 0 N–H and O–H groups in total. The molecule has 2 nitrogen and oxygen atoms in total. The van der Waals surface area contributed by atoms with Crippen molar-refractivity contribution in [2.75, 3.05) is 26.4 Å². The van der Waals surface area contributed by atoms with Crippen molar-refractivity contribution >= 4 is 0 Å². The summed E-state index contributed by atoms with van der Waals surface area (Å²) in [6, 6.07) is 0. The van der Waals surface area contributed by atoms with E-state index in [1.165, 1.54) is 44.9 Å². The van der Waals surface area contributed by atoms with Gasteiger partial charge < -0.3 is 9.47 Å². The van der Waals surface area contributed by atoms with Gasteiger partial charge in [-0.25, -0.2) is 0 Å². The summed E-state index contributed by atoms with van der Waals surface area (Å²) in [5, 5.41) is 0. The normalized spacial score (nSPS) is 13.4. The number of unbranched alkanes of at least 4 members (excludes halogenated alkanes) is 4. The van der Waals surface area contributed by atoms with E-state index in [1.807, 2.05) is 13.8 Å². The summed E-state index contributed by atoms with van der Waals surface area (Å²) < 4.78 is 9.78. The molecule has 1 aliphatic heterocycles. The quantitative estimate of drug-likeness (QED) is 0.626. The van der Waals surface area contributed by atoms with Gasteiger partial charge >= 0.3 is 0 Å². The molecule has 1 fully saturated rings. The van der Waals surface area contributed by atoms with Gasteiger partial charge in [-0.15, -0.1) is 0 Å².